The van der Waals surface area contributed by atoms with Crippen molar-refractivity contribution in [3.8, 4) is 44.5 Å². The molecule has 2 heterocycles. The first kappa shape index (κ1) is 34.4. The fraction of sp³-hybridized carbons (Fsp3) is 0. The Bertz CT molecular complexity index is 3240. The van der Waals surface area contributed by atoms with E-state index in [-0.39, 0.29) is 0 Å². The van der Waals surface area contributed by atoms with E-state index in [0.29, 0.717) is 0 Å². The lowest BCUT2D eigenvalue weighted by Crippen LogP contribution is -2.09. The van der Waals surface area contributed by atoms with Crippen molar-refractivity contribution < 1.29 is 0 Å². The highest BCUT2D eigenvalue weighted by atomic mass is 15.1. The summed E-state index contributed by atoms with van der Waals surface area (Å²) in [5.74, 6) is 0. The van der Waals surface area contributed by atoms with Crippen LogP contribution in [0.2, 0.25) is 0 Å². The topological polar surface area (TPSA) is 29.0 Å². The zero-order chi connectivity index (χ0) is 39.1. The average Bonchev–Trinajstić information content (AvgIpc) is 3.31. The van der Waals surface area contributed by atoms with E-state index < -0.39 is 0 Å². The highest BCUT2D eigenvalue weighted by Crippen LogP contribution is 2.46. The van der Waals surface area contributed by atoms with Gasteiger partial charge >= 0.3 is 0 Å². The van der Waals surface area contributed by atoms with Gasteiger partial charge in [-0.1, -0.05) is 146 Å². The number of hydrogen-bond acceptors (Lipinski definition) is 3. The molecule has 276 valence electrons. The number of fused-ring (bicyclic) bond motifs is 4. The predicted octanol–water partition coefficient (Wildman–Crippen LogP) is 15.2. The minimum absolute atomic E-state index is 0.977. The Morgan fingerprint density at radius 1 is 0.305 bits per heavy atom. The zero-order valence-electron chi connectivity index (χ0n) is 32.2. The van der Waals surface area contributed by atoms with E-state index in [9.17, 15) is 0 Å². The van der Waals surface area contributed by atoms with Gasteiger partial charge in [-0.3, -0.25) is 9.97 Å². The Balaban J connectivity index is 0.972. The summed E-state index contributed by atoms with van der Waals surface area (Å²) >= 11 is 0. The van der Waals surface area contributed by atoms with Crippen molar-refractivity contribution in [2.75, 3.05) is 4.90 Å². The van der Waals surface area contributed by atoms with E-state index >= 15 is 0 Å². The summed E-state index contributed by atoms with van der Waals surface area (Å²) < 4.78 is 0. The average molecular weight is 752 g/mol. The molecule has 3 heteroatoms. The fourth-order valence-corrected chi connectivity index (χ4v) is 8.80. The summed E-state index contributed by atoms with van der Waals surface area (Å²) in [6, 6.07) is 74.6. The maximum absolute atomic E-state index is 4.58. The van der Waals surface area contributed by atoms with Gasteiger partial charge in [-0.25, -0.2) is 0 Å². The third-order valence-electron chi connectivity index (χ3n) is 11.6. The molecule has 0 bridgehead atoms. The summed E-state index contributed by atoms with van der Waals surface area (Å²) in [6.45, 7) is 0. The summed E-state index contributed by atoms with van der Waals surface area (Å²) in [5.41, 5.74) is 13.9. The first-order valence-corrected chi connectivity index (χ1v) is 20.0. The standard InChI is InChI=1S/C56H37N3/c1-2-12-48-42(9-1)10-7-17-49(48)56-52-15-5-3-13-50(52)55(51-14-4-6-16-53(51)56)43-20-18-38(19-21-43)39-22-26-45(27-23-39)59(47-30-31-54-44(37-47)11-8-34-58-54)46-28-24-40(25-29-46)41-32-35-57-36-33-41/h1-37H. The molecule has 0 aliphatic heterocycles. The third-order valence-corrected chi connectivity index (χ3v) is 11.6. The summed E-state index contributed by atoms with van der Waals surface area (Å²) in [5, 5.41) is 8.65. The first-order valence-electron chi connectivity index (χ1n) is 20.0. The van der Waals surface area contributed by atoms with Crippen LogP contribution in [0.4, 0.5) is 17.1 Å². The zero-order valence-corrected chi connectivity index (χ0v) is 32.2. The second-order valence-corrected chi connectivity index (χ2v) is 15.0. The summed E-state index contributed by atoms with van der Waals surface area (Å²) in [7, 11) is 0. The van der Waals surface area contributed by atoms with Crippen LogP contribution < -0.4 is 4.90 Å². The molecule has 9 aromatic carbocycles. The molecule has 3 nitrogen and oxygen atoms in total. The number of nitrogens with zero attached hydrogens (tertiary/aromatic N) is 3. The quantitative estimate of drug-likeness (QED) is 0.152. The number of pyridine rings is 2. The van der Waals surface area contributed by atoms with Gasteiger partial charge in [0.05, 0.1) is 5.52 Å². The van der Waals surface area contributed by atoms with Crippen LogP contribution in [-0.2, 0) is 0 Å². The summed E-state index contributed by atoms with van der Waals surface area (Å²) in [6.07, 6.45) is 5.51. The van der Waals surface area contributed by atoms with Crippen LogP contribution in [0.25, 0.3) is 87.7 Å². The van der Waals surface area contributed by atoms with Gasteiger partial charge in [0.1, 0.15) is 0 Å². The minimum atomic E-state index is 0.977. The van der Waals surface area contributed by atoms with Crippen LogP contribution in [-0.4, -0.2) is 9.97 Å². The molecule has 0 spiro atoms. The highest BCUT2D eigenvalue weighted by molar-refractivity contribution is 6.23. The van der Waals surface area contributed by atoms with Crippen molar-refractivity contribution in [1.82, 2.24) is 9.97 Å². The van der Waals surface area contributed by atoms with Gasteiger partial charge in [0.15, 0.2) is 0 Å². The van der Waals surface area contributed by atoms with Crippen LogP contribution in [0.5, 0.6) is 0 Å². The van der Waals surface area contributed by atoms with Gasteiger partial charge in [0.25, 0.3) is 0 Å². The van der Waals surface area contributed by atoms with Gasteiger partial charge < -0.3 is 4.90 Å². The van der Waals surface area contributed by atoms with Crippen molar-refractivity contribution >= 4 is 60.3 Å². The maximum atomic E-state index is 4.58. The Kier molecular flexibility index (Phi) is 8.49. The molecule has 0 fully saturated rings. The van der Waals surface area contributed by atoms with Crippen molar-refractivity contribution in [3.63, 3.8) is 0 Å². The van der Waals surface area contributed by atoms with Gasteiger partial charge in [0, 0.05) is 41.0 Å². The lowest BCUT2D eigenvalue weighted by molar-refractivity contribution is 1.28. The largest absolute Gasteiger partial charge is 0.310 e. The van der Waals surface area contributed by atoms with E-state index in [2.05, 4.69) is 203 Å². The van der Waals surface area contributed by atoms with E-state index in [4.69, 9.17) is 0 Å². The number of hydrogen-bond donors (Lipinski definition) is 0. The van der Waals surface area contributed by atoms with Crippen LogP contribution in [0.3, 0.4) is 0 Å². The third kappa shape index (κ3) is 6.17. The molecular weight excluding hydrogens is 715 g/mol. The van der Waals surface area contributed by atoms with E-state index in [1.165, 1.54) is 60.1 Å². The molecule has 0 amide bonds. The van der Waals surface area contributed by atoms with Crippen molar-refractivity contribution in [1.29, 1.82) is 0 Å². The lowest BCUT2D eigenvalue weighted by atomic mass is 9.84. The molecule has 11 rings (SSSR count). The Hall–Kier alpha value is -7.88. The molecule has 0 aliphatic carbocycles. The Morgan fingerprint density at radius 2 is 0.780 bits per heavy atom. The monoisotopic (exact) mass is 751 g/mol. The molecule has 0 saturated carbocycles. The van der Waals surface area contributed by atoms with Crippen LogP contribution in [0.15, 0.2) is 225 Å². The molecule has 2 aromatic heterocycles. The van der Waals surface area contributed by atoms with E-state index in [1.54, 1.807) is 0 Å². The van der Waals surface area contributed by atoms with Gasteiger partial charge in [-0.05, 0) is 137 Å². The van der Waals surface area contributed by atoms with Crippen molar-refractivity contribution in [2.24, 2.45) is 0 Å². The second-order valence-electron chi connectivity index (χ2n) is 15.0. The summed E-state index contributed by atoms with van der Waals surface area (Å²) in [4.78, 5) is 11.1. The Morgan fingerprint density at radius 3 is 1.41 bits per heavy atom. The smallest absolute Gasteiger partial charge is 0.0703 e. The molecule has 59 heavy (non-hydrogen) atoms. The van der Waals surface area contributed by atoms with Gasteiger partial charge in [-0.15, -0.1) is 0 Å². The second kappa shape index (κ2) is 14.6. The molecular formula is C56H37N3. The molecule has 0 atom stereocenters. The van der Waals surface area contributed by atoms with Crippen LogP contribution >= 0.6 is 0 Å². The van der Waals surface area contributed by atoms with E-state index in [0.717, 1.165) is 44.7 Å². The van der Waals surface area contributed by atoms with E-state index in [1.807, 2.05) is 36.8 Å². The Labute approximate surface area is 343 Å². The lowest BCUT2D eigenvalue weighted by Gasteiger charge is -2.26. The molecule has 0 saturated heterocycles. The van der Waals surface area contributed by atoms with Gasteiger partial charge in [0.2, 0.25) is 0 Å². The molecule has 0 aliphatic rings. The highest BCUT2D eigenvalue weighted by Gasteiger charge is 2.19. The normalized spacial score (nSPS) is 11.4. The van der Waals surface area contributed by atoms with Crippen molar-refractivity contribution in [2.45, 2.75) is 0 Å². The SMILES string of the molecule is c1cnc2ccc(N(c3ccc(-c4ccncc4)cc3)c3ccc(-c4ccc(-c5c6ccccc6c(-c6cccc7ccccc67)c6ccccc56)cc4)cc3)cc2c1. The maximum Gasteiger partial charge on any atom is 0.0703 e. The molecule has 11 aromatic rings. The molecule has 0 radical (unpaired) electrons. The number of benzene rings is 9. The first-order chi connectivity index (χ1) is 29.3. The minimum Gasteiger partial charge on any atom is -0.310 e. The number of rotatable bonds is 7. The molecule has 0 N–H and O–H groups in total. The number of anilines is 3. The predicted molar refractivity (Wildman–Crippen MR) is 248 cm³/mol. The molecule has 0 unspecified atom stereocenters. The van der Waals surface area contributed by atoms with Gasteiger partial charge in [-0.2, -0.15) is 0 Å². The van der Waals surface area contributed by atoms with Crippen molar-refractivity contribution in [3.05, 3.63) is 225 Å². The fourth-order valence-electron chi connectivity index (χ4n) is 8.80. The van der Waals surface area contributed by atoms with Crippen LogP contribution in [0.1, 0.15) is 0 Å². The van der Waals surface area contributed by atoms with Crippen LogP contribution in [0, 0.1) is 0 Å². The number of aromatic nitrogens is 2.